The van der Waals surface area contributed by atoms with Crippen molar-refractivity contribution in [2.75, 3.05) is 19.0 Å². The van der Waals surface area contributed by atoms with E-state index in [1.165, 1.54) is 0 Å². The van der Waals surface area contributed by atoms with Crippen molar-refractivity contribution in [3.63, 3.8) is 0 Å². The number of halogens is 1. The van der Waals surface area contributed by atoms with E-state index in [0.717, 1.165) is 17.7 Å². The van der Waals surface area contributed by atoms with Gasteiger partial charge in [0.1, 0.15) is 12.0 Å². The summed E-state index contributed by atoms with van der Waals surface area (Å²) in [5, 5.41) is -0.257. The third-order valence-electron chi connectivity index (χ3n) is 1.88. The number of hydrogen-bond acceptors (Lipinski definition) is 3. The fourth-order valence-corrected chi connectivity index (χ4v) is 1.47. The maximum absolute atomic E-state index is 10.3. The van der Waals surface area contributed by atoms with Gasteiger partial charge < -0.3 is 14.4 Å². The van der Waals surface area contributed by atoms with Crippen molar-refractivity contribution in [3.05, 3.63) is 24.3 Å². The maximum Gasteiger partial charge on any atom is 0.159 e. The maximum atomic E-state index is 10.3. The zero-order valence-corrected chi connectivity index (χ0v) is 10.4. The van der Waals surface area contributed by atoms with Crippen LogP contribution in [0.25, 0.3) is 0 Å². The first-order valence-electron chi connectivity index (χ1n) is 4.65. The Hall–Kier alpha value is -1.03. The molecule has 0 saturated heterocycles. The Morgan fingerprint density at radius 2 is 2.27 bits per heavy atom. The Balaban J connectivity index is 2.69. The second-order valence-electron chi connectivity index (χ2n) is 3.32. The number of aldehydes is 1. The van der Waals surface area contributed by atoms with E-state index in [1.54, 1.807) is 0 Å². The van der Waals surface area contributed by atoms with Crippen molar-refractivity contribution in [1.82, 2.24) is 0 Å². The average molecular weight is 272 g/mol. The Morgan fingerprint density at radius 1 is 1.53 bits per heavy atom. The van der Waals surface area contributed by atoms with Gasteiger partial charge in [0.2, 0.25) is 0 Å². The summed E-state index contributed by atoms with van der Waals surface area (Å²) in [5.74, 6) is 0.755. The molecule has 1 rings (SSSR count). The first-order valence-corrected chi connectivity index (χ1v) is 5.57. The highest BCUT2D eigenvalue weighted by molar-refractivity contribution is 9.09. The molecule has 0 aromatic heterocycles. The highest BCUT2D eigenvalue weighted by atomic mass is 79.9. The predicted octanol–water partition coefficient (Wildman–Crippen LogP) is 2.44. The number of alkyl halides is 1. The van der Waals surface area contributed by atoms with E-state index in [9.17, 15) is 4.79 Å². The van der Waals surface area contributed by atoms with Crippen molar-refractivity contribution in [3.8, 4) is 5.75 Å². The van der Waals surface area contributed by atoms with Crippen LogP contribution in [0.4, 0.5) is 5.69 Å². The van der Waals surface area contributed by atoms with Gasteiger partial charge >= 0.3 is 0 Å². The van der Waals surface area contributed by atoms with E-state index in [-0.39, 0.29) is 5.01 Å². The smallest absolute Gasteiger partial charge is 0.159 e. The summed E-state index contributed by atoms with van der Waals surface area (Å²) in [6, 6.07) is 7.71. The van der Waals surface area contributed by atoms with Gasteiger partial charge in [0, 0.05) is 25.8 Å². The van der Waals surface area contributed by atoms with Crippen molar-refractivity contribution in [1.29, 1.82) is 0 Å². The fourth-order valence-electron chi connectivity index (χ4n) is 1.11. The van der Waals surface area contributed by atoms with Gasteiger partial charge in [-0.1, -0.05) is 6.07 Å². The molecule has 4 heteroatoms. The van der Waals surface area contributed by atoms with Gasteiger partial charge in [0.25, 0.3) is 0 Å². The molecule has 15 heavy (non-hydrogen) atoms. The zero-order valence-electron chi connectivity index (χ0n) is 8.81. The van der Waals surface area contributed by atoms with Crippen LogP contribution >= 0.6 is 15.9 Å². The number of nitrogens with zero attached hydrogens (tertiary/aromatic N) is 1. The van der Waals surface area contributed by atoms with E-state index in [2.05, 4.69) is 15.9 Å². The molecule has 0 heterocycles. The molecule has 0 bridgehead atoms. The summed E-state index contributed by atoms with van der Waals surface area (Å²) in [4.78, 5) is 12.3. The molecule has 1 atom stereocenters. The number of carbonyl (C=O) groups is 1. The molecule has 0 N–H and O–H groups in total. The van der Waals surface area contributed by atoms with Gasteiger partial charge in [0.15, 0.2) is 5.01 Å². The molecule has 0 fully saturated rings. The van der Waals surface area contributed by atoms with Crippen molar-refractivity contribution < 1.29 is 9.53 Å². The number of anilines is 1. The number of benzene rings is 1. The molecule has 0 saturated carbocycles. The summed E-state index contributed by atoms with van der Waals surface area (Å²) in [6.45, 7) is 0. The topological polar surface area (TPSA) is 29.5 Å². The number of carbonyl (C=O) groups excluding carboxylic acids is 1. The van der Waals surface area contributed by atoms with Crippen LogP contribution in [0.5, 0.6) is 5.75 Å². The number of ether oxygens (including phenoxy) is 1. The second kappa shape index (κ2) is 5.75. The van der Waals surface area contributed by atoms with Crippen LogP contribution < -0.4 is 9.64 Å². The summed E-state index contributed by atoms with van der Waals surface area (Å²) in [7, 11) is 3.94. The van der Waals surface area contributed by atoms with Gasteiger partial charge in [-0.3, -0.25) is 0 Å². The highest BCUT2D eigenvalue weighted by Gasteiger charge is 2.05. The molecule has 0 amide bonds. The van der Waals surface area contributed by atoms with Crippen LogP contribution in [0, 0.1) is 0 Å². The van der Waals surface area contributed by atoms with Gasteiger partial charge in [0.05, 0.1) is 6.42 Å². The van der Waals surface area contributed by atoms with Crippen LogP contribution in [-0.4, -0.2) is 25.4 Å². The fraction of sp³-hybridized carbons (Fsp3) is 0.364. The van der Waals surface area contributed by atoms with Gasteiger partial charge in [-0.15, -0.1) is 0 Å². The molecule has 1 aromatic carbocycles. The van der Waals surface area contributed by atoms with E-state index in [0.29, 0.717) is 6.42 Å². The summed E-state index contributed by atoms with van der Waals surface area (Å²) < 4.78 is 5.50. The van der Waals surface area contributed by atoms with Gasteiger partial charge in [-0.25, -0.2) is 0 Å². The first-order chi connectivity index (χ1) is 7.13. The minimum absolute atomic E-state index is 0.257. The Labute approximate surface area is 98.2 Å². The van der Waals surface area contributed by atoms with E-state index < -0.39 is 0 Å². The summed E-state index contributed by atoms with van der Waals surface area (Å²) in [5.41, 5.74) is 1.07. The number of rotatable bonds is 5. The molecule has 0 radical (unpaired) electrons. The molecule has 1 unspecified atom stereocenters. The molecule has 0 aliphatic heterocycles. The molecular formula is C11H14BrNO2. The normalized spacial score (nSPS) is 11.9. The summed E-state index contributed by atoms with van der Waals surface area (Å²) >= 11 is 3.27. The lowest BCUT2D eigenvalue weighted by Crippen LogP contribution is -2.11. The van der Waals surface area contributed by atoms with E-state index >= 15 is 0 Å². The van der Waals surface area contributed by atoms with Crippen LogP contribution in [-0.2, 0) is 4.79 Å². The van der Waals surface area contributed by atoms with Crippen LogP contribution in [0.2, 0.25) is 0 Å². The van der Waals surface area contributed by atoms with Crippen molar-refractivity contribution in [2.24, 2.45) is 0 Å². The minimum Gasteiger partial charge on any atom is -0.479 e. The van der Waals surface area contributed by atoms with Gasteiger partial charge in [-0.2, -0.15) is 0 Å². The highest BCUT2D eigenvalue weighted by Crippen LogP contribution is 2.22. The Bertz CT molecular complexity index is 328. The molecular weight excluding hydrogens is 258 g/mol. The van der Waals surface area contributed by atoms with E-state index in [1.807, 2.05) is 43.3 Å². The van der Waals surface area contributed by atoms with E-state index in [4.69, 9.17) is 4.74 Å². The lowest BCUT2D eigenvalue weighted by molar-refractivity contribution is -0.108. The van der Waals surface area contributed by atoms with Crippen molar-refractivity contribution in [2.45, 2.75) is 11.4 Å². The zero-order chi connectivity index (χ0) is 11.3. The third-order valence-corrected chi connectivity index (χ3v) is 2.44. The van der Waals surface area contributed by atoms with Crippen LogP contribution in [0.15, 0.2) is 24.3 Å². The predicted molar refractivity (Wildman–Crippen MR) is 64.8 cm³/mol. The SMILES string of the molecule is CN(C)c1cccc(OC(Br)CC=O)c1. The largest absolute Gasteiger partial charge is 0.479 e. The molecule has 82 valence electrons. The number of hydrogen-bond donors (Lipinski definition) is 0. The molecule has 0 spiro atoms. The van der Waals surface area contributed by atoms with Crippen LogP contribution in [0.3, 0.4) is 0 Å². The first kappa shape index (κ1) is 12.0. The average Bonchev–Trinajstić information content (AvgIpc) is 2.18. The van der Waals surface area contributed by atoms with Crippen molar-refractivity contribution >= 4 is 27.9 Å². The van der Waals surface area contributed by atoms with Crippen LogP contribution in [0.1, 0.15) is 6.42 Å². The molecule has 1 aromatic rings. The lowest BCUT2D eigenvalue weighted by Gasteiger charge is -2.15. The lowest BCUT2D eigenvalue weighted by atomic mass is 10.3. The quantitative estimate of drug-likeness (QED) is 0.609. The Kier molecular flexibility index (Phi) is 4.62. The minimum atomic E-state index is -0.257. The Morgan fingerprint density at radius 3 is 2.87 bits per heavy atom. The standard InChI is InChI=1S/C11H14BrNO2/c1-13(2)9-4-3-5-10(8-9)15-11(12)6-7-14/h3-5,7-8,11H,6H2,1-2H3. The molecule has 3 nitrogen and oxygen atoms in total. The molecule has 0 aliphatic carbocycles. The molecule has 0 aliphatic rings. The van der Waals surface area contributed by atoms with Gasteiger partial charge in [-0.05, 0) is 28.1 Å². The monoisotopic (exact) mass is 271 g/mol. The second-order valence-corrected chi connectivity index (χ2v) is 4.34. The third kappa shape index (κ3) is 3.91. The summed E-state index contributed by atoms with van der Waals surface area (Å²) in [6.07, 6.45) is 1.17.